The Kier molecular flexibility index (Phi) is 4.06. The van der Waals surface area contributed by atoms with E-state index in [4.69, 9.17) is 5.73 Å². The Morgan fingerprint density at radius 3 is 2.42 bits per heavy atom. The molecule has 0 unspecified atom stereocenters. The molecule has 0 radical (unpaired) electrons. The van der Waals surface area contributed by atoms with Crippen molar-refractivity contribution in [3.63, 3.8) is 0 Å². The van der Waals surface area contributed by atoms with Crippen molar-refractivity contribution in [2.45, 2.75) is 13.8 Å². The largest absolute Gasteiger partial charge is 0.368 e. The molecule has 0 saturated heterocycles. The minimum Gasteiger partial charge on any atom is -0.368 e. The summed E-state index contributed by atoms with van der Waals surface area (Å²) >= 11 is 0. The number of hydrogen-bond acceptors (Lipinski definition) is 5. The highest BCUT2D eigenvalue weighted by Crippen LogP contribution is 2.17. The third kappa shape index (κ3) is 3.72. The number of nitrogens with one attached hydrogen (secondary N) is 1. The van der Waals surface area contributed by atoms with Gasteiger partial charge in [-0.25, -0.2) is 0 Å². The molecule has 0 aliphatic carbocycles. The lowest BCUT2D eigenvalue weighted by molar-refractivity contribution is 0.405. The highest BCUT2D eigenvalue weighted by Gasteiger charge is 2.15. The zero-order chi connectivity index (χ0) is 13.7. The Morgan fingerprint density at radius 2 is 1.84 bits per heavy atom. The van der Waals surface area contributed by atoms with Crippen molar-refractivity contribution in [3.05, 3.63) is 36.7 Å². The average molecular weight is 257 g/mol. The van der Waals surface area contributed by atoms with E-state index >= 15 is 0 Å². The summed E-state index contributed by atoms with van der Waals surface area (Å²) < 4.78 is 0. The maximum Gasteiger partial charge on any atom is 0.148 e. The van der Waals surface area contributed by atoms with E-state index in [1.807, 2.05) is 24.3 Å². The van der Waals surface area contributed by atoms with Crippen LogP contribution in [0.15, 0.2) is 36.7 Å². The molecule has 19 heavy (non-hydrogen) atoms. The fourth-order valence-electron chi connectivity index (χ4n) is 1.51. The Labute approximate surface area is 113 Å². The third-order valence-electron chi connectivity index (χ3n) is 2.94. The van der Waals surface area contributed by atoms with Crippen LogP contribution >= 0.6 is 0 Å². The van der Waals surface area contributed by atoms with Crippen molar-refractivity contribution in [2.75, 3.05) is 18.4 Å². The number of aromatic nitrogens is 3. The molecule has 0 aliphatic heterocycles. The molecule has 2 aromatic rings. The molecule has 2 heterocycles. The Bertz CT molecular complexity index is 507. The van der Waals surface area contributed by atoms with Crippen molar-refractivity contribution in [1.29, 1.82) is 0 Å². The summed E-state index contributed by atoms with van der Waals surface area (Å²) in [6, 6.07) is 7.69. The second-order valence-electron chi connectivity index (χ2n) is 5.26. The van der Waals surface area contributed by atoms with Gasteiger partial charge in [-0.1, -0.05) is 13.8 Å². The smallest absolute Gasteiger partial charge is 0.148 e. The molecule has 0 bridgehead atoms. The molecule has 100 valence electrons. The fraction of sp³-hybridized carbons (Fsp3) is 0.357. The molecular weight excluding hydrogens is 238 g/mol. The molecular formula is C14H19N5. The van der Waals surface area contributed by atoms with E-state index in [1.165, 1.54) is 0 Å². The van der Waals surface area contributed by atoms with Gasteiger partial charge in [0, 0.05) is 24.5 Å². The van der Waals surface area contributed by atoms with Gasteiger partial charge >= 0.3 is 0 Å². The van der Waals surface area contributed by atoms with Gasteiger partial charge in [0.1, 0.15) is 5.82 Å². The monoisotopic (exact) mass is 257 g/mol. The zero-order valence-corrected chi connectivity index (χ0v) is 11.3. The lowest BCUT2D eigenvalue weighted by Gasteiger charge is -2.22. The molecule has 0 fully saturated rings. The first-order valence-corrected chi connectivity index (χ1v) is 6.29. The second kappa shape index (κ2) is 5.75. The highest BCUT2D eigenvalue weighted by molar-refractivity contribution is 5.58. The molecule has 0 aliphatic rings. The number of nitrogens with two attached hydrogens (primary N) is 1. The maximum absolute atomic E-state index is 5.69. The Balaban J connectivity index is 2.03. The van der Waals surface area contributed by atoms with E-state index in [1.54, 1.807) is 12.4 Å². The van der Waals surface area contributed by atoms with Gasteiger partial charge in [-0.2, -0.15) is 0 Å². The lowest BCUT2D eigenvalue weighted by Crippen LogP contribution is -2.31. The van der Waals surface area contributed by atoms with Crippen LogP contribution in [0.1, 0.15) is 13.8 Å². The van der Waals surface area contributed by atoms with Crippen LogP contribution in [0.25, 0.3) is 11.3 Å². The Hall–Kier alpha value is -2.01. The quantitative estimate of drug-likeness (QED) is 0.856. The summed E-state index contributed by atoms with van der Waals surface area (Å²) in [6.07, 6.45) is 3.49. The van der Waals surface area contributed by atoms with Gasteiger partial charge in [-0.3, -0.25) is 4.98 Å². The first-order valence-electron chi connectivity index (χ1n) is 6.29. The summed E-state index contributed by atoms with van der Waals surface area (Å²) in [7, 11) is 0. The third-order valence-corrected chi connectivity index (χ3v) is 2.94. The van der Waals surface area contributed by atoms with Crippen LogP contribution in [-0.4, -0.2) is 28.3 Å². The van der Waals surface area contributed by atoms with Gasteiger partial charge in [-0.15, -0.1) is 10.2 Å². The van der Waals surface area contributed by atoms with Crippen LogP contribution in [-0.2, 0) is 0 Å². The van der Waals surface area contributed by atoms with Crippen molar-refractivity contribution in [1.82, 2.24) is 15.2 Å². The molecule has 3 N–H and O–H groups in total. The molecule has 0 spiro atoms. The minimum atomic E-state index is 0.0471. The van der Waals surface area contributed by atoms with Crippen LogP contribution < -0.4 is 11.1 Å². The second-order valence-corrected chi connectivity index (χ2v) is 5.26. The summed E-state index contributed by atoms with van der Waals surface area (Å²) in [5.41, 5.74) is 7.59. The SMILES string of the molecule is CC(C)(CN)CNc1ccc(-c2ccncc2)nn1. The van der Waals surface area contributed by atoms with Crippen LogP contribution in [0, 0.1) is 5.41 Å². The summed E-state index contributed by atoms with van der Waals surface area (Å²) in [4.78, 5) is 3.98. The molecule has 0 aromatic carbocycles. The van der Waals surface area contributed by atoms with Crippen LogP contribution in [0.2, 0.25) is 0 Å². The molecule has 2 aromatic heterocycles. The van der Waals surface area contributed by atoms with Crippen LogP contribution in [0.3, 0.4) is 0 Å². The Morgan fingerprint density at radius 1 is 1.11 bits per heavy atom. The predicted molar refractivity (Wildman–Crippen MR) is 76.6 cm³/mol. The summed E-state index contributed by atoms with van der Waals surface area (Å²) in [5, 5.41) is 11.6. The standard InChI is InChI=1S/C14H19N5/c1-14(2,9-15)10-17-13-4-3-12(18-19-13)11-5-7-16-8-6-11/h3-8H,9-10,15H2,1-2H3,(H,17,19). The first-order chi connectivity index (χ1) is 9.11. The van der Waals surface area contributed by atoms with Gasteiger partial charge in [0.15, 0.2) is 0 Å². The number of nitrogens with zero attached hydrogens (tertiary/aromatic N) is 3. The molecule has 5 nitrogen and oxygen atoms in total. The average Bonchev–Trinajstić information content (AvgIpc) is 2.47. The molecule has 0 saturated carbocycles. The van der Waals surface area contributed by atoms with E-state index < -0.39 is 0 Å². The van der Waals surface area contributed by atoms with Crippen molar-refractivity contribution >= 4 is 5.82 Å². The molecule has 5 heteroatoms. The van der Waals surface area contributed by atoms with Gasteiger partial charge in [0.05, 0.1) is 5.69 Å². The summed E-state index contributed by atoms with van der Waals surface area (Å²) in [5.74, 6) is 0.763. The van der Waals surface area contributed by atoms with E-state index in [0.717, 1.165) is 23.6 Å². The molecule has 2 rings (SSSR count). The van der Waals surface area contributed by atoms with Crippen molar-refractivity contribution in [2.24, 2.45) is 11.1 Å². The van der Waals surface area contributed by atoms with Crippen LogP contribution in [0.5, 0.6) is 0 Å². The number of hydrogen-bond donors (Lipinski definition) is 2. The predicted octanol–water partition coefficient (Wildman–Crippen LogP) is 1.94. The lowest BCUT2D eigenvalue weighted by atomic mass is 9.94. The molecule has 0 atom stereocenters. The number of anilines is 1. The van der Waals surface area contributed by atoms with Gasteiger partial charge in [0.2, 0.25) is 0 Å². The molecule has 0 amide bonds. The highest BCUT2D eigenvalue weighted by atomic mass is 15.2. The maximum atomic E-state index is 5.69. The first kappa shape index (κ1) is 13.4. The van der Waals surface area contributed by atoms with Gasteiger partial charge < -0.3 is 11.1 Å². The van der Waals surface area contributed by atoms with Gasteiger partial charge in [0.25, 0.3) is 0 Å². The fourth-order valence-corrected chi connectivity index (χ4v) is 1.51. The normalized spacial score (nSPS) is 11.3. The van der Waals surface area contributed by atoms with E-state index in [2.05, 4.69) is 34.3 Å². The minimum absolute atomic E-state index is 0.0471. The van der Waals surface area contributed by atoms with Crippen LogP contribution in [0.4, 0.5) is 5.82 Å². The van der Waals surface area contributed by atoms with E-state index in [0.29, 0.717) is 6.54 Å². The topological polar surface area (TPSA) is 76.7 Å². The summed E-state index contributed by atoms with van der Waals surface area (Å²) in [6.45, 7) is 5.62. The van der Waals surface area contributed by atoms with Crippen molar-refractivity contribution in [3.8, 4) is 11.3 Å². The number of rotatable bonds is 5. The van der Waals surface area contributed by atoms with Gasteiger partial charge in [-0.05, 0) is 36.2 Å². The van der Waals surface area contributed by atoms with E-state index in [-0.39, 0.29) is 5.41 Å². The van der Waals surface area contributed by atoms with E-state index in [9.17, 15) is 0 Å². The van der Waals surface area contributed by atoms with Crippen molar-refractivity contribution < 1.29 is 0 Å². The zero-order valence-electron chi connectivity index (χ0n) is 11.3. The number of pyridine rings is 1.